The molecule has 0 radical (unpaired) electrons. The molecule has 0 fully saturated rings. The van der Waals surface area contributed by atoms with Crippen LogP contribution in [0.4, 0.5) is 0 Å². The average molecular weight is 282 g/mol. The summed E-state index contributed by atoms with van der Waals surface area (Å²) in [7, 11) is 3.53. The number of allylic oxidation sites excluding steroid dienone is 1. The molecule has 2 aromatic rings. The highest BCUT2D eigenvalue weighted by Gasteiger charge is 2.11. The van der Waals surface area contributed by atoms with E-state index >= 15 is 0 Å². The normalized spacial score (nSPS) is 11.1. The third kappa shape index (κ3) is 2.92. The van der Waals surface area contributed by atoms with Crippen molar-refractivity contribution in [3.8, 4) is 5.69 Å². The Balaban J connectivity index is 2.42. The predicted octanol–water partition coefficient (Wildman–Crippen LogP) is 3.83. The maximum Gasteiger partial charge on any atom is 0.253 e. The van der Waals surface area contributed by atoms with Crippen molar-refractivity contribution in [1.82, 2.24) is 9.47 Å². The summed E-state index contributed by atoms with van der Waals surface area (Å²) in [6.07, 6.45) is 4.16. The molecule has 0 saturated heterocycles. The summed E-state index contributed by atoms with van der Waals surface area (Å²) in [5.74, 6) is 0.0251. The minimum Gasteiger partial charge on any atom is -0.345 e. The van der Waals surface area contributed by atoms with Gasteiger partial charge >= 0.3 is 0 Å². The van der Waals surface area contributed by atoms with Crippen LogP contribution in [0.1, 0.15) is 34.2 Å². The van der Waals surface area contributed by atoms with Gasteiger partial charge in [-0.1, -0.05) is 12.2 Å². The zero-order valence-electron chi connectivity index (χ0n) is 13.3. The highest BCUT2D eigenvalue weighted by Crippen LogP contribution is 2.22. The van der Waals surface area contributed by atoms with E-state index in [4.69, 9.17) is 0 Å². The van der Waals surface area contributed by atoms with Gasteiger partial charge in [-0.2, -0.15) is 0 Å². The highest BCUT2D eigenvalue weighted by molar-refractivity contribution is 5.94. The van der Waals surface area contributed by atoms with Crippen LogP contribution in [0, 0.1) is 13.8 Å². The molecular formula is C18H22N2O. The van der Waals surface area contributed by atoms with Crippen molar-refractivity contribution in [1.29, 1.82) is 0 Å². The third-order valence-corrected chi connectivity index (χ3v) is 3.60. The first-order chi connectivity index (χ1) is 9.95. The molecule has 0 bridgehead atoms. The second-order valence-corrected chi connectivity index (χ2v) is 5.41. The van der Waals surface area contributed by atoms with Crippen LogP contribution in [-0.2, 0) is 0 Å². The lowest BCUT2D eigenvalue weighted by Crippen LogP contribution is -2.21. The van der Waals surface area contributed by atoms with E-state index in [2.05, 4.69) is 30.6 Å². The van der Waals surface area contributed by atoms with Gasteiger partial charge in [0.2, 0.25) is 0 Å². The van der Waals surface area contributed by atoms with Crippen molar-refractivity contribution in [3.05, 3.63) is 58.9 Å². The van der Waals surface area contributed by atoms with E-state index in [9.17, 15) is 4.79 Å². The summed E-state index contributed by atoms with van der Waals surface area (Å²) in [6, 6.07) is 9.93. The van der Waals surface area contributed by atoms with Gasteiger partial charge in [0.1, 0.15) is 0 Å². The van der Waals surface area contributed by atoms with Crippen LogP contribution in [0.15, 0.2) is 36.4 Å². The molecule has 1 aromatic heterocycles. The molecule has 1 amide bonds. The zero-order chi connectivity index (χ0) is 15.6. The number of hydrogen-bond acceptors (Lipinski definition) is 1. The number of benzene rings is 1. The largest absolute Gasteiger partial charge is 0.345 e. The fraction of sp³-hybridized carbons (Fsp3) is 0.278. The van der Waals surface area contributed by atoms with Gasteiger partial charge in [-0.05, 0) is 56.7 Å². The van der Waals surface area contributed by atoms with Crippen molar-refractivity contribution < 1.29 is 4.79 Å². The molecule has 1 heterocycles. The molecule has 0 atom stereocenters. The van der Waals surface area contributed by atoms with Crippen LogP contribution in [0.5, 0.6) is 0 Å². The fourth-order valence-corrected chi connectivity index (χ4v) is 2.54. The summed E-state index contributed by atoms with van der Waals surface area (Å²) in [6.45, 7) is 6.23. The summed E-state index contributed by atoms with van der Waals surface area (Å²) in [5.41, 5.74) is 5.41. The first kappa shape index (κ1) is 15.1. The number of aryl methyl sites for hydroxylation is 1. The fourth-order valence-electron chi connectivity index (χ4n) is 2.54. The van der Waals surface area contributed by atoms with Crippen molar-refractivity contribution in [2.45, 2.75) is 20.8 Å². The van der Waals surface area contributed by atoms with Crippen LogP contribution >= 0.6 is 0 Å². The molecule has 0 aliphatic carbocycles. The van der Waals surface area contributed by atoms with Gasteiger partial charge in [-0.25, -0.2) is 0 Å². The number of carbonyl (C=O) groups excluding carboxylic acids is 1. The van der Waals surface area contributed by atoms with Gasteiger partial charge < -0.3 is 9.47 Å². The van der Waals surface area contributed by atoms with Crippen LogP contribution < -0.4 is 0 Å². The molecule has 110 valence electrons. The van der Waals surface area contributed by atoms with E-state index in [1.165, 1.54) is 17.0 Å². The van der Waals surface area contributed by atoms with Crippen molar-refractivity contribution >= 4 is 12.0 Å². The molecule has 0 N–H and O–H groups in total. The lowest BCUT2D eigenvalue weighted by atomic mass is 10.2. The lowest BCUT2D eigenvalue weighted by molar-refractivity contribution is 0.0827. The average Bonchev–Trinajstić information content (AvgIpc) is 2.73. The molecule has 3 heteroatoms. The first-order valence-electron chi connectivity index (χ1n) is 7.09. The molecule has 21 heavy (non-hydrogen) atoms. The van der Waals surface area contributed by atoms with E-state index in [-0.39, 0.29) is 5.91 Å². The second-order valence-electron chi connectivity index (χ2n) is 5.41. The number of hydrogen-bond donors (Lipinski definition) is 0. The van der Waals surface area contributed by atoms with Crippen LogP contribution in [0.25, 0.3) is 11.8 Å². The number of rotatable bonds is 3. The summed E-state index contributed by atoms with van der Waals surface area (Å²) in [5, 5.41) is 0. The second kappa shape index (κ2) is 6.00. The van der Waals surface area contributed by atoms with Crippen LogP contribution in [-0.4, -0.2) is 29.5 Å². The van der Waals surface area contributed by atoms with Gasteiger partial charge in [0.05, 0.1) is 0 Å². The van der Waals surface area contributed by atoms with E-state index in [0.717, 1.165) is 5.69 Å². The minimum absolute atomic E-state index is 0.0251. The molecule has 2 rings (SSSR count). The standard InChI is InChI=1S/C18H22N2O/c1-6-7-16-12-13(2)20(14(16)3)17-10-8-15(9-11-17)18(21)19(4)5/h6-12H,1-5H3/b7-6+. The van der Waals surface area contributed by atoms with Gasteiger partial charge in [-0.15, -0.1) is 0 Å². The topological polar surface area (TPSA) is 25.2 Å². The van der Waals surface area contributed by atoms with Gasteiger partial charge in [0.15, 0.2) is 0 Å². The van der Waals surface area contributed by atoms with E-state index in [1.54, 1.807) is 19.0 Å². The lowest BCUT2D eigenvalue weighted by Gasteiger charge is -2.13. The Kier molecular flexibility index (Phi) is 4.32. The molecular weight excluding hydrogens is 260 g/mol. The minimum atomic E-state index is 0.0251. The Morgan fingerprint density at radius 2 is 1.76 bits per heavy atom. The van der Waals surface area contributed by atoms with Crippen molar-refractivity contribution in [3.63, 3.8) is 0 Å². The summed E-state index contributed by atoms with van der Waals surface area (Å²) >= 11 is 0. The van der Waals surface area contributed by atoms with E-state index < -0.39 is 0 Å². The third-order valence-electron chi connectivity index (χ3n) is 3.60. The Morgan fingerprint density at radius 1 is 1.14 bits per heavy atom. The van der Waals surface area contributed by atoms with E-state index in [0.29, 0.717) is 5.56 Å². The molecule has 0 spiro atoms. The first-order valence-corrected chi connectivity index (χ1v) is 7.09. The number of amides is 1. The summed E-state index contributed by atoms with van der Waals surface area (Å²) < 4.78 is 2.21. The van der Waals surface area contributed by atoms with Crippen LogP contribution in [0.2, 0.25) is 0 Å². The van der Waals surface area contributed by atoms with Gasteiger partial charge in [-0.3, -0.25) is 4.79 Å². The monoisotopic (exact) mass is 282 g/mol. The highest BCUT2D eigenvalue weighted by atomic mass is 16.2. The molecule has 0 aliphatic rings. The van der Waals surface area contributed by atoms with Gasteiger partial charge in [0.25, 0.3) is 5.91 Å². The molecule has 1 aromatic carbocycles. The Labute approximate surface area is 126 Å². The van der Waals surface area contributed by atoms with E-state index in [1.807, 2.05) is 37.3 Å². The SMILES string of the molecule is C/C=C/c1cc(C)n(-c2ccc(C(=O)N(C)C)cc2)c1C. The Morgan fingerprint density at radius 3 is 2.29 bits per heavy atom. The number of carbonyl (C=O) groups is 1. The predicted molar refractivity (Wildman–Crippen MR) is 88.0 cm³/mol. The Hall–Kier alpha value is -2.29. The van der Waals surface area contributed by atoms with Crippen molar-refractivity contribution in [2.75, 3.05) is 14.1 Å². The number of nitrogens with zero attached hydrogens (tertiary/aromatic N) is 2. The Bertz CT molecular complexity index is 676. The molecule has 0 unspecified atom stereocenters. The van der Waals surface area contributed by atoms with Crippen LogP contribution in [0.3, 0.4) is 0 Å². The molecule has 0 saturated carbocycles. The maximum absolute atomic E-state index is 11.9. The maximum atomic E-state index is 11.9. The van der Waals surface area contributed by atoms with Gasteiger partial charge in [0, 0.05) is 36.7 Å². The van der Waals surface area contributed by atoms with Crippen molar-refractivity contribution in [2.24, 2.45) is 0 Å². The summed E-state index contributed by atoms with van der Waals surface area (Å²) in [4.78, 5) is 13.5. The number of aromatic nitrogens is 1. The zero-order valence-corrected chi connectivity index (χ0v) is 13.3. The molecule has 3 nitrogen and oxygen atoms in total. The quantitative estimate of drug-likeness (QED) is 0.840. The molecule has 0 aliphatic heterocycles. The smallest absolute Gasteiger partial charge is 0.253 e.